The Hall–Kier alpha value is -1.75. The highest BCUT2D eigenvalue weighted by atomic mass is 35.5. The van der Waals surface area contributed by atoms with Gasteiger partial charge in [-0.05, 0) is 18.2 Å². The van der Waals surface area contributed by atoms with Gasteiger partial charge in [-0.3, -0.25) is 4.90 Å². The number of rotatable bonds is 3. The summed E-state index contributed by atoms with van der Waals surface area (Å²) in [6.45, 7) is 3.70. The van der Waals surface area contributed by atoms with Crippen LogP contribution in [0.15, 0.2) is 18.2 Å². The molecule has 114 valence electrons. The van der Waals surface area contributed by atoms with Gasteiger partial charge in [0.2, 0.25) is 0 Å². The van der Waals surface area contributed by atoms with E-state index in [1.54, 1.807) is 12.1 Å². The summed E-state index contributed by atoms with van der Waals surface area (Å²) in [6.07, 6.45) is 0. The average Bonchev–Trinajstić information content (AvgIpc) is 2.93. The van der Waals surface area contributed by atoms with Gasteiger partial charge >= 0.3 is 0 Å². The lowest BCUT2D eigenvalue weighted by Crippen LogP contribution is -2.46. The van der Waals surface area contributed by atoms with Crippen LogP contribution in [0.4, 0.5) is 10.1 Å². The fourth-order valence-electron chi connectivity index (χ4n) is 2.48. The van der Waals surface area contributed by atoms with Crippen LogP contribution >= 0.6 is 23.1 Å². The third kappa shape index (κ3) is 3.19. The van der Waals surface area contributed by atoms with Gasteiger partial charge in [0, 0.05) is 44.3 Å². The molecular weight excluding hydrogens is 325 g/mol. The van der Waals surface area contributed by atoms with Gasteiger partial charge in [-0.25, -0.2) is 4.39 Å². The third-order valence-corrected chi connectivity index (χ3v) is 4.66. The van der Waals surface area contributed by atoms with Crippen LogP contribution in [-0.4, -0.2) is 40.7 Å². The first-order valence-corrected chi connectivity index (χ1v) is 7.96. The largest absolute Gasteiger partial charge is 0.367 e. The number of halogens is 2. The molecule has 2 aromatic rings. The van der Waals surface area contributed by atoms with Crippen LogP contribution in [0.1, 0.15) is 11.3 Å². The summed E-state index contributed by atoms with van der Waals surface area (Å²) in [5, 5.41) is 12.8. The van der Waals surface area contributed by atoms with Crippen molar-refractivity contribution < 1.29 is 4.39 Å². The molecule has 0 atom stereocenters. The van der Waals surface area contributed by atoms with Crippen LogP contribution in [0.25, 0.3) is 0 Å². The van der Waals surface area contributed by atoms with E-state index in [9.17, 15) is 4.39 Å². The van der Waals surface area contributed by atoms with E-state index in [0.29, 0.717) is 22.1 Å². The summed E-state index contributed by atoms with van der Waals surface area (Å²) in [7, 11) is 0. The fourth-order valence-corrected chi connectivity index (χ4v) is 3.09. The van der Waals surface area contributed by atoms with Gasteiger partial charge < -0.3 is 4.90 Å². The van der Waals surface area contributed by atoms with Gasteiger partial charge in [0.15, 0.2) is 0 Å². The van der Waals surface area contributed by atoms with E-state index in [-0.39, 0.29) is 5.82 Å². The minimum absolute atomic E-state index is 0.338. The highest BCUT2D eigenvalue weighted by molar-refractivity contribution is 7.10. The molecule has 0 spiro atoms. The molecule has 0 unspecified atom stereocenters. The topological polar surface area (TPSA) is 56.1 Å². The van der Waals surface area contributed by atoms with E-state index in [4.69, 9.17) is 16.9 Å². The zero-order valence-corrected chi connectivity index (χ0v) is 13.2. The van der Waals surface area contributed by atoms with Crippen molar-refractivity contribution in [1.82, 2.24) is 14.5 Å². The second-order valence-electron chi connectivity index (χ2n) is 5.03. The zero-order chi connectivity index (χ0) is 15.5. The number of benzene rings is 1. The van der Waals surface area contributed by atoms with E-state index in [0.717, 1.165) is 31.9 Å². The number of nitrogens with zero attached hydrogens (tertiary/aromatic N) is 5. The molecule has 2 heterocycles. The molecule has 1 fully saturated rings. The van der Waals surface area contributed by atoms with Gasteiger partial charge in [-0.15, -0.1) is 5.10 Å². The van der Waals surface area contributed by atoms with Gasteiger partial charge in [0.05, 0.1) is 17.3 Å². The van der Waals surface area contributed by atoms with Crippen molar-refractivity contribution in [1.29, 1.82) is 5.26 Å². The van der Waals surface area contributed by atoms with Crippen molar-refractivity contribution in [2.45, 2.75) is 6.54 Å². The van der Waals surface area contributed by atoms with Crippen LogP contribution in [-0.2, 0) is 6.54 Å². The molecule has 1 aromatic heterocycles. The summed E-state index contributed by atoms with van der Waals surface area (Å²) < 4.78 is 18.5. The Balaban J connectivity index is 1.62. The highest BCUT2D eigenvalue weighted by Crippen LogP contribution is 2.23. The van der Waals surface area contributed by atoms with E-state index >= 15 is 0 Å². The predicted molar refractivity (Wildman–Crippen MR) is 83.5 cm³/mol. The standard InChI is InChI=1S/C14H13ClFN5S/c15-14-12(18-19-22-14)9-20-3-5-21(6-4-20)13-2-1-10(8-17)7-11(13)16/h1-2,7H,3-6,9H2. The van der Waals surface area contributed by atoms with Gasteiger partial charge in [0.1, 0.15) is 15.8 Å². The molecule has 1 aromatic carbocycles. The summed E-state index contributed by atoms with van der Waals surface area (Å²) >= 11 is 7.20. The maximum atomic E-state index is 14.0. The lowest BCUT2D eigenvalue weighted by Gasteiger charge is -2.35. The Bertz CT molecular complexity index is 705. The monoisotopic (exact) mass is 337 g/mol. The summed E-state index contributed by atoms with van der Waals surface area (Å²) in [5.74, 6) is -0.348. The minimum atomic E-state index is -0.348. The predicted octanol–water partition coefficient (Wildman–Crippen LogP) is 2.52. The molecule has 1 aliphatic heterocycles. The number of aromatic nitrogens is 2. The average molecular weight is 338 g/mol. The molecular formula is C14H13ClFN5S. The molecule has 0 amide bonds. The smallest absolute Gasteiger partial charge is 0.147 e. The number of hydrogen-bond acceptors (Lipinski definition) is 6. The number of hydrogen-bond donors (Lipinski definition) is 0. The first-order valence-electron chi connectivity index (χ1n) is 6.81. The molecule has 0 N–H and O–H groups in total. The summed E-state index contributed by atoms with van der Waals surface area (Å²) in [5.41, 5.74) is 1.68. The van der Waals surface area contributed by atoms with Gasteiger partial charge in [0.25, 0.3) is 0 Å². The molecule has 0 radical (unpaired) electrons. The second kappa shape index (κ2) is 6.57. The lowest BCUT2D eigenvalue weighted by atomic mass is 10.2. The Morgan fingerprint density at radius 1 is 1.32 bits per heavy atom. The van der Waals surface area contributed by atoms with Crippen molar-refractivity contribution in [3.05, 3.63) is 39.6 Å². The summed E-state index contributed by atoms with van der Waals surface area (Å²) in [6, 6.07) is 6.54. The normalized spacial score (nSPS) is 15.8. The Morgan fingerprint density at radius 3 is 2.68 bits per heavy atom. The van der Waals surface area contributed by atoms with Crippen molar-refractivity contribution in [3.8, 4) is 6.07 Å². The quantitative estimate of drug-likeness (QED) is 0.861. The number of nitriles is 1. The first kappa shape index (κ1) is 15.2. The second-order valence-corrected chi connectivity index (χ2v) is 6.39. The first-order chi connectivity index (χ1) is 10.7. The maximum Gasteiger partial charge on any atom is 0.147 e. The Labute approximate surface area is 136 Å². The molecule has 22 heavy (non-hydrogen) atoms. The molecule has 0 aliphatic carbocycles. The van der Waals surface area contributed by atoms with Crippen LogP contribution in [0.5, 0.6) is 0 Å². The minimum Gasteiger partial charge on any atom is -0.367 e. The van der Waals surface area contributed by atoms with Crippen LogP contribution in [0.3, 0.4) is 0 Å². The molecule has 0 saturated carbocycles. The van der Waals surface area contributed by atoms with E-state index in [1.807, 2.05) is 11.0 Å². The van der Waals surface area contributed by atoms with Crippen molar-refractivity contribution in [3.63, 3.8) is 0 Å². The Morgan fingerprint density at radius 2 is 2.09 bits per heavy atom. The van der Waals surface area contributed by atoms with Crippen LogP contribution in [0.2, 0.25) is 4.34 Å². The van der Waals surface area contributed by atoms with Gasteiger partial charge in [-0.2, -0.15) is 5.26 Å². The molecule has 5 nitrogen and oxygen atoms in total. The van der Waals surface area contributed by atoms with E-state index in [1.165, 1.54) is 17.6 Å². The van der Waals surface area contributed by atoms with Crippen molar-refractivity contribution in [2.24, 2.45) is 0 Å². The van der Waals surface area contributed by atoms with Crippen molar-refractivity contribution >= 4 is 28.8 Å². The Kier molecular flexibility index (Phi) is 4.52. The molecule has 3 rings (SSSR count). The SMILES string of the molecule is N#Cc1ccc(N2CCN(Cc3nnsc3Cl)CC2)c(F)c1. The van der Waals surface area contributed by atoms with E-state index < -0.39 is 0 Å². The molecule has 8 heteroatoms. The number of piperazine rings is 1. The number of anilines is 1. The van der Waals surface area contributed by atoms with E-state index in [2.05, 4.69) is 14.5 Å². The van der Waals surface area contributed by atoms with Gasteiger partial charge in [-0.1, -0.05) is 16.1 Å². The maximum absolute atomic E-state index is 14.0. The lowest BCUT2D eigenvalue weighted by molar-refractivity contribution is 0.246. The van der Waals surface area contributed by atoms with Crippen molar-refractivity contribution in [2.75, 3.05) is 31.1 Å². The molecule has 1 saturated heterocycles. The fraction of sp³-hybridized carbons (Fsp3) is 0.357. The third-order valence-electron chi connectivity index (χ3n) is 3.67. The van der Waals surface area contributed by atoms with Crippen LogP contribution < -0.4 is 4.90 Å². The van der Waals surface area contributed by atoms with Crippen LogP contribution in [0, 0.1) is 17.1 Å². The highest BCUT2D eigenvalue weighted by Gasteiger charge is 2.21. The zero-order valence-electron chi connectivity index (χ0n) is 11.7. The molecule has 0 bridgehead atoms. The summed E-state index contributed by atoms with van der Waals surface area (Å²) in [4.78, 5) is 4.22. The molecule has 1 aliphatic rings.